The number of nitrogens with one attached hydrogen (secondary N) is 1. The van der Waals surface area contributed by atoms with Crippen molar-refractivity contribution in [2.45, 2.75) is 64.2 Å². The fourth-order valence-corrected chi connectivity index (χ4v) is 4.12. The molecule has 0 radical (unpaired) electrons. The zero-order chi connectivity index (χ0) is 15.3. The highest BCUT2D eigenvalue weighted by Gasteiger charge is 2.53. The van der Waals surface area contributed by atoms with Crippen molar-refractivity contribution in [3.05, 3.63) is 11.6 Å². The predicted octanol–water partition coefficient (Wildman–Crippen LogP) is 2.82. The van der Waals surface area contributed by atoms with Gasteiger partial charge >= 0.3 is 0 Å². The first kappa shape index (κ1) is 14.2. The first-order chi connectivity index (χ1) is 10.6. The molecule has 3 fully saturated rings. The van der Waals surface area contributed by atoms with E-state index in [1.165, 1.54) is 32.1 Å². The molecule has 1 amide bonds. The van der Waals surface area contributed by atoms with Crippen molar-refractivity contribution in [1.82, 2.24) is 20.1 Å². The molecule has 3 aliphatic rings. The molecule has 1 unspecified atom stereocenters. The van der Waals surface area contributed by atoms with E-state index in [9.17, 15) is 4.79 Å². The Morgan fingerprint density at radius 1 is 1.41 bits per heavy atom. The summed E-state index contributed by atoms with van der Waals surface area (Å²) < 4.78 is 0. The van der Waals surface area contributed by atoms with Crippen LogP contribution in [0.5, 0.6) is 0 Å². The molecular weight excluding hydrogens is 276 g/mol. The number of carbonyl (C=O) groups excluding carboxylic acids is 1. The molecule has 22 heavy (non-hydrogen) atoms. The van der Waals surface area contributed by atoms with Gasteiger partial charge in [-0.15, -0.1) is 0 Å². The number of hydrogen-bond donors (Lipinski definition) is 1. The largest absolute Gasteiger partial charge is 0.341 e. The molecule has 1 aromatic heterocycles. The van der Waals surface area contributed by atoms with Crippen LogP contribution in [0.3, 0.4) is 0 Å². The van der Waals surface area contributed by atoms with Gasteiger partial charge in [-0.3, -0.25) is 9.89 Å². The normalized spacial score (nSPS) is 26.7. The summed E-state index contributed by atoms with van der Waals surface area (Å²) >= 11 is 0. The molecular formula is C17H26N4O. The van der Waals surface area contributed by atoms with Gasteiger partial charge < -0.3 is 4.90 Å². The fraction of sp³-hybridized carbons (Fsp3) is 0.824. The third-order valence-corrected chi connectivity index (χ3v) is 5.73. The molecule has 1 saturated heterocycles. The average Bonchev–Trinajstić information content (AvgIpc) is 3.02. The van der Waals surface area contributed by atoms with E-state index < -0.39 is 0 Å². The van der Waals surface area contributed by atoms with Crippen LogP contribution in [-0.4, -0.2) is 39.1 Å². The Hall–Kier alpha value is -1.39. The molecule has 4 rings (SSSR count). The number of aromatic nitrogens is 3. The van der Waals surface area contributed by atoms with Crippen molar-refractivity contribution >= 4 is 5.91 Å². The SMILES string of the molecule is CC(C)CC(=O)N1CC(c2nc(C3CC3)n[nH]2)C2(CCC2)C1. The van der Waals surface area contributed by atoms with Crippen molar-refractivity contribution in [2.75, 3.05) is 13.1 Å². The zero-order valence-corrected chi connectivity index (χ0v) is 13.6. The summed E-state index contributed by atoms with van der Waals surface area (Å²) in [4.78, 5) is 19.3. The van der Waals surface area contributed by atoms with Gasteiger partial charge in [0.2, 0.25) is 5.91 Å². The third-order valence-electron chi connectivity index (χ3n) is 5.73. The maximum Gasteiger partial charge on any atom is 0.222 e. The molecule has 120 valence electrons. The number of hydrogen-bond acceptors (Lipinski definition) is 3. The van der Waals surface area contributed by atoms with Crippen LogP contribution in [0.25, 0.3) is 0 Å². The number of nitrogens with zero attached hydrogens (tertiary/aromatic N) is 3. The Labute approximate surface area is 131 Å². The van der Waals surface area contributed by atoms with E-state index >= 15 is 0 Å². The van der Waals surface area contributed by atoms with Crippen molar-refractivity contribution in [3.63, 3.8) is 0 Å². The summed E-state index contributed by atoms with van der Waals surface area (Å²) in [5.74, 6) is 3.71. The van der Waals surface area contributed by atoms with Crippen LogP contribution in [0.4, 0.5) is 0 Å². The van der Waals surface area contributed by atoms with E-state index in [0.29, 0.717) is 30.1 Å². The van der Waals surface area contributed by atoms with Gasteiger partial charge in [0.15, 0.2) is 5.82 Å². The maximum absolute atomic E-state index is 12.5. The number of carbonyl (C=O) groups is 1. The van der Waals surface area contributed by atoms with Crippen LogP contribution in [0.2, 0.25) is 0 Å². The first-order valence-electron chi connectivity index (χ1n) is 8.77. The highest BCUT2D eigenvalue weighted by molar-refractivity contribution is 5.77. The lowest BCUT2D eigenvalue weighted by Crippen LogP contribution is -2.38. The molecule has 2 aliphatic carbocycles. The van der Waals surface area contributed by atoms with Crippen molar-refractivity contribution in [3.8, 4) is 0 Å². The van der Waals surface area contributed by atoms with Crippen LogP contribution in [0, 0.1) is 11.3 Å². The van der Waals surface area contributed by atoms with Gasteiger partial charge in [-0.2, -0.15) is 5.10 Å². The number of H-pyrrole nitrogens is 1. The molecule has 1 aliphatic heterocycles. The summed E-state index contributed by atoms with van der Waals surface area (Å²) in [6.07, 6.45) is 6.85. The van der Waals surface area contributed by atoms with E-state index in [4.69, 9.17) is 4.98 Å². The van der Waals surface area contributed by atoms with Crippen LogP contribution in [-0.2, 0) is 4.79 Å². The Morgan fingerprint density at radius 2 is 2.18 bits per heavy atom. The van der Waals surface area contributed by atoms with Gasteiger partial charge in [0.25, 0.3) is 0 Å². The van der Waals surface area contributed by atoms with Crippen LogP contribution in [0.1, 0.15) is 75.9 Å². The minimum atomic E-state index is 0.271. The number of rotatable bonds is 4. The van der Waals surface area contributed by atoms with Crippen LogP contribution < -0.4 is 0 Å². The fourth-order valence-electron chi connectivity index (χ4n) is 4.12. The maximum atomic E-state index is 12.5. The quantitative estimate of drug-likeness (QED) is 0.930. The minimum Gasteiger partial charge on any atom is -0.341 e. The van der Waals surface area contributed by atoms with Gasteiger partial charge in [-0.1, -0.05) is 20.3 Å². The lowest BCUT2D eigenvalue weighted by Gasteiger charge is -2.41. The summed E-state index contributed by atoms with van der Waals surface area (Å²) in [6, 6.07) is 0. The molecule has 1 spiro atoms. The molecule has 0 aromatic carbocycles. The number of amides is 1. The summed E-state index contributed by atoms with van der Waals surface area (Å²) in [5.41, 5.74) is 0.271. The molecule has 2 heterocycles. The highest BCUT2D eigenvalue weighted by Crippen LogP contribution is 2.55. The molecule has 1 N–H and O–H groups in total. The van der Waals surface area contributed by atoms with Gasteiger partial charge in [0, 0.05) is 31.3 Å². The average molecular weight is 302 g/mol. The Bertz CT molecular complexity index is 571. The van der Waals surface area contributed by atoms with Gasteiger partial charge in [0.1, 0.15) is 5.82 Å². The van der Waals surface area contributed by atoms with Gasteiger partial charge in [-0.05, 0) is 37.0 Å². The summed E-state index contributed by atoms with van der Waals surface area (Å²) in [7, 11) is 0. The van der Waals surface area contributed by atoms with Crippen LogP contribution >= 0.6 is 0 Å². The second-order valence-electron chi connectivity index (χ2n) is 7.99. The molecule has 5 heteroatoms. The highest BCUT2D eigenvalue weighted by atomic mass is 16.2. The van der Waals surface area contributed by atoms with E-state index in [0.717, 1.165) is 24.7 Å². The topological polar surface area (TPSA) is 61.9 Å². The minimum absolute atomic E-state index is 0.271. The zero-order valence-electron chi connectivity index (χ0n) is 13.6. The Morgan fingerprint density at radius 3 is 2.77 bits per heavy atom. The first-order valence-corrected chi connectivity index (χ1v) is 8.77. The van der Waals surface area contributed by atoms with E-state index in [2.05, 4.69) is 28.9 Å². The smallest absolute Gasteiger partial charge is 0.222 e. The molecule has 0 bridgehead atoms. The van der Waals surface area contributed by atoms with E-state index in [1.807, 2.05) is 0 Å². The molecule has 1 aromatic rings. The second kappa shape index (κ2) is 5.07. The predicted molar refractivity (Wildman–Crippen MR) is 83.4 cm³/mol. The Balaban J connectivity index is 1.53. The van der Waals surface area contributed by atoms with E-state index in [-0.39, 0.29) is 5.41 Å². The summed E-state index contributed by atoms with van der Waals surface area (Å²) in [5, 5.41) is 7.62. The third kappa shape index (κ3) is 2.34. The standard InChI is InChI=1S/C17H26N4O/c1-11(2)8-14(22)21-9-13(17(10-21)6-3-7-17)16-18-15(19-20-16)12-4-5-12/h11-13H,3-10H2,1-2H3,(H,18,19,20). The molecule has 5 nitrogen and oxygen atoms in total. The van der Waals surface area contributed by atoms with E-state index in [1.54, 1.807) is 0 Å². The lowest BCUT2D eigenvalue weighted by molar-refractivity contribution is -0.131. The van der Waals surface area contributed by atoms with Crippen LogP contribution in [0.15, 0.2) is 0 Å². The second-order valence-corrected chi connectivity index (χ2v) is 7.99. The van der Waals surface area contributed by atoms with Crippen molar-refractivity contribution in [1.29, 1.82) is 0 Å². The van der Waals surface area contributed by atoms with Gasteiger partial charge in [-0.25, -0.2) is 4.98 Å². The van der Waals surface area contributed by atoms with Gasteiger partial charge in [0.05, 0.1) is 0 Å². The molecule has 2 saturated carbocycles. The number of aromatic amines is 1. The summed E-state index contributed by atoms with van der Waals surface area (Å²) in [6.45, 7) is 5.97. The van der Waals surface area contributed by atoms with Crippen molar-refractivity contribution < 1.29 is 4.79 Å². The number of likely N-dealkylation sites (tertiary alicyclic amines) is 1. The molecule has 1 atom stereocenters. The van der Waals surface area contributed by atoms with Crippen molar-refractivity contribution in [2.24, 2.45) is 11.3 Å². The Kier molecular flexibility index (Phi) is 3.27. The monoisotopic (exact) mass is 302 g/mol. The lowest BCUT2D eigenvalue weighted by atomic mass is 9.62.